The van der Waals surface area contributed by atoms with E-state index >= 15 is 0 Å². The van der Waals surface area contributed by atoms with Crippen molar-refractivity contribution in [2.24, 2.45) is 0 Å². The summed E-state index contributed by atoms with van der Waals surface area (Å²) in [5.74, 6) is 0.595. The van der Waals surface area contributed by atoms with Crippen molar-refractivity contribution in [2.75, 3.05) is 19.8 Å². The van der Waals surface area contributed by atoms with Crippen LogP contribution in [0.3, 0.4) is 0 Å². The molecule has 0 atom stereocenters. The molecule has 0 fully saturated rings. The molecule has 1 rings (SSSR count). The van der Waals surface area contributed by atoms with E-state index in [1.54, 1.807) is 12.1 Å². The number of rotatable bonds is 11. The van der Waals surface area contributed by atoms with Crippen LogP contribution >= 0.6 is 10.7 Å². The SMILES string of the molecule is CCOC(C)(C)CCOC(C)(C)CCOc1ccc(S(=O)(=O)Cl)cc1. The van der Waals surface area contributed by atoms with Gasteiger partial charge in [0.15, 0.2) is 0 Å². The lowest BCUT2D eigenvalue weighted by molar-refractivity contribution is -0.0742. The van der Waals surface area contributed by atoms with Crippen molar-refractivity contribution < 1.29 is 22.6 Å². The predicted octanol–water partition coefficient (Wildman–Crippen LogP) is 4.38. The highest BCUT2D eigenvalue weighted by atomic mass is 35.7. The normalized spacial score (nSPS) is 13.0. The van der Waals surface area contributed by atoms with Crippen LogP contribution in [0, 0.1) is 0 Å². The van der Waals surface area contributed by atoms with Crippen LogP contribution in [-0.4, -0.2) is 39.4 Å². The van der Waals surface area contributed by atoms with Crippen molar-refractivity contribution in [1.29, 1.82) is 0 Å². The fraction of sp³-hybridized carbons (Fsp3) is 0.667. The van der Waals surface area contributed by atoms with Gasteiger partial charge in [-0.3, -0.25) is 0 Å². The van der Waals surface area contributed by atoms with Crippen LogP contribution in [-0.2, 0) is 18.5 Å². The zero-order chi connectivity index (χ0) is 19.1. The molecule has 0 bridgehead atoms. The molecule has 0 heterocycles. The minimum atomic E-state index is -3.70. The molecular weight excluding hydrogens is 364 g/mol. The highest BCUT2D eigenvalue weighted by Crippen LogP contribution is 2.22. The molecule has 0 spiro atoms. The molecule has 0 aliphatic rings. The molecule has 0 N–H and O–H groups in total. The topological polar surface area (TPSA) is 61.8 Å². The minimum Gasteiger partial charge on any atom is -0.493 e. The van der Waals surface area contributed by atoms with Gasteiger partial charge in [0.25, 0.3) is 9.05 Å². The first-order valence-corrected chi connectivity index (χ1v) is 10.7. The van der Waals surface area contributed by atoms with Gasteiger partial charge in [-0.15, -0.1) is 0 Å². The molecule has 0 aliphatic carbocycles. The van der Waals surface area contributed by atoms with Crippen LogP contribution in [0.2, 0.25) is 0 Å². The van der Waals surface area contributed by atoms with Gasteiger partial charge in [-0.2, -0.15) is 0 Å². The van der Waals surface area contributed by atoms with Crippen molar-refractivity contribution in [2.45, 2.75) is 63.6 Å². The third-order valence-electron chi connectivity index (χ3n) is 3.81. The molecule has 0 radical (unpaired) electrons. The second-order valence-corrected chi connectivity index (χ2v) is 9.62. The second kappa shape index (κ2) is 9.21. The summed E-state index contributed by atoms with van der Waals surface area (Å²) in [6.07, 6.45) is 1.52. The highest BCUT2D eigenvalue weighted by Gasteiger charge is 2.22. The van der Waals surface area contributed by atoms with Crippen LogP contribution in [0.4, 0.5) is 0 Å². The maximum atomic E-state index is 11.2. The molecule has 0 saturated carbocycles. The van der Waals surface area contributed by atoms with Crippen LogP contribution in [0.15, 0.2) is 29.2 Å². The molecule has 7 heteroatoms. The number of hydrogen-bond donors (Lipinski definition) is 0. The largest absolute Gasteiger partial charge is 0.493 e. The maximum Gasteiger partial charge on any atom is 0.261 e. The molecular formula is C18H29ClO5S. The first kappa shape index (κ1) is 22.2. The summed E-state index contributed by atoms with van der Waals surface area (Å²) in [6.45, 7) is 11.9. The summed E-state index contributed by atoms with van der Waals surface area (Å²) in [5, 5.41) is 0. The first-order chi connectivity index (χ1) is 11.5. The Balaban J connectivity index is 2.38. The van der Waals surface area contributed by atoms with E-state index in [0.29, 0.717) is 32.0 Å². The highest BCUT2D eigenvalue weighted by molar-refractivity contribution is 8.13. The molecule has 25 heavy (non-hydrogen) atoms. The van der Waals surface area contributed by atoms with E-state index < -0.39 is 9.05 Å². The van der Waals surface area contributed by atoms with E-state index in [1.165, 1.54) is 12.1 Å². The zero-order valence-corrected chi connectivity index (χ0v) is 17.2. The molecule has 0 unspecified atom stereocenters. The van der Waals surface area contributed by atoms with E-state index in [9.17, 15) is 8.42 Å². The fourth-order valence-corrected chi connectivity index (χ4v) is 2.99. The lowest BCUT2D eigenvalue weighted by Crippen LogP contribution is -2.32. The zero-order valence-electron chi connectivity index (χ0n) is 15.7. The summed E-state index contributed by atoms with van der Waals surface area (Å²) in [5.41, 5.74) is -0.506. The third kappa shape index (κ3) is 8.90. The smallest absolute Gasteiger partial charge is 0.261 e. The van der Waals surface area contributed by atoms with E-state index in [4.69, 9.17) is 24.9 Å². The fourth-order valence-electron chi connectivity index (χ4n) is 2.22. The Morgan fingerprint density at radius 1 is 0.920 bits per heavy atom. The van der Waals surface area contributed by atoms with Crippen LogP contribution in [0.5, 0.6) is 5.75 Å². The molecule has 1 aromatic rings. The Labute approximate surface area is 156 Å². The number of halogens is 1. The van der Waals surface area contributed by atoms with Crippen molar-refractivity contribution in [3.63, 3.8) is 0 Å². The maximum absolute atomic E-state index is 11.2. The van der Waals surface area contributed by atoms with E-state index in [2.05, 4.69) is 13.8 Å². The average Bonchev–Trinajstić information content (AvgIpc) is 2.46. The van der Waals surface area contributed by atoms with Gasteiger partial charge >= 0.3 is 0 Å². The van der Waals surface area contributed by atoms with E-state index in [1.807, 2.05) is 20.8 Å². The van der Waals surface area contributed by atoms with E-state index in [0.717, 1.165) is 6.42 Å². The summed E-state index contributed by atoms with van der Waals surface area (Å²) < 4.78 is 39.7. The first-order valence-electron chi connectivity index (χ1n) is 8.41. The Hall–Kier alpha value is -0.820. The minimum absolute atomic E-state index is 0.0575. The second-order valence-electron chi connectivity index (χ2n) is 7.06. The summed E-state index contributed by atoms with van der Waals surface area (Å²) >= 11 is 0. The van der Waals surface area contributed by atoms with E-state index in [-0.39, 0.29) is 16.1 Å². The van der Waals surface area contributed by atoms with Gasteiger partial charge < -0.3 is 14.2 Å². The van der Waals surface area contributed by atoms with Crippen molar-refractivity contribution in [1.82, 2.24) is 0 Å². The van der Waals surface area contributed by atoms with Gasteiger partial charge in [0.05, 0.1) is 29.3 Å². The number of ether oxygens (including phenoxy) is 3. The van der Waals surface area contributed by atoms with Gasteiger partial charge in [-0.25, -0.2) is 8.42 Å². The molecule has 0 aromatic heterocycles. The van der Waals surface area contributed by atoms with Gasteiger partial charge in [0.2, 0.25) is 0 Å². The summed E-state index contributed by atoms with van der Waals surface area (Å²) in [4.78, 5) is 0.0575. The molecule has 0 amide bonds. The Morgan fingerprint density at radius 2 is 1.44 bits per heavy atom. The quantitative estimate of drug-likeness (QED) is 0.523. The molecule has 0 aliphatic heterocycles. The van der Waals surface area contributed by atoms with Crippen LogP contribution < -0.4 is 4.74 Å². The lowest BCUT2D eigenvalue weighted by atomic mass is 10.0. The Morgan fingerprint density at radius 3 is 1.96 bits per heavy atom. The van der Waals surface area contributed by atoms with Gasteiger partial charge in [-0.1, -0.05) is 0 Å². The number of benzene rings is 1. The van der Waals surface area contributed by atoms with Crippen molar-refractivity contribution in [3.05, 3.63) is 24.3 Å². The molecule has 1 aromatic carbocycles. The monoisotopic (exact) mass is 392 g/mol. The molecule has 0 saturated heterocycles. The van der Waals surface area contributed by atoms with Crippen LogP contribution in [0.1, 0.15) is 47.5 Å². The predicted molar refractivity (Wildman–Crippen MR) is 99.9 cm³/mol. The van der Waals surface area contributed by atoms with Gasteiger partial charge in [0, 0.05) is 23.7 Å². The van der Waals surface area contributed by atoms with Gasteiger partial charge in [-0.05, 0) is 65.3 Å². The van der Waals surface area contributed by atoms with Crippen molar-refractivity contribution >= 4 is 19.7 Å². The standard InChI is InChI=1S/C18H29ClO5S/c1-6-23-17(2,3)12-14-24-18(4,5)11-13-22-15-7-9-16(10-8-15)25(19,20)21/h7-10H,6,11-14H2,1-5H3. The summed E-state index contributed by atoms with van der Waals surface area (Å²) in [6, 6.07) is 6.03. The van der Waals surface area contributed by atoms with Gasteiger partial charge in [0.1, 0.15) is 5.75 Å². The Kier molecular flexibility index (Phi) is 8.19. The Bertz CT molecular complexity index is 623. The third-order valence-corrected chi connectivity index (χ3v) is 5.18. The number of hydrogen-bond acceptors (Lipinski definition) is 5. The van der Waals surface area contributed by atoms with Crippen molar-refractivity contribution in [3.8, 4) is 5.75 Å². The lowest BCUT2D eigenvalue weighted by Gasteiger charge is -2.29. The van der Waals surface area contributed by atoms with Crippen LogP contribution in [0.25, 0.3) is 0 Å². The summed E-state index contributed by atoms with van der Waals surface area (Å²) in [7, 11) is 1.58. The molecule has 144 valence electrons. The molecule has 5 nitrogen and oxygen atoms in total. The average molecular weight is 393 g/mol.